The predicted molar refractivity (Wildman–Crippen MR) is 86.4 cm³/mol. The van der Waals surface area contributed by atoms with E-state index in [0.29, 0.717) is 0 Å². The molecule has 142 valence electrons. The maximum Gasteiger partial charge on any atom is 0.490 e. The molecule has 3 rings (SSSR count). The Bertz CT molecular complexity index is 683. The number of carbonyl (C=O) groups is 1. The second-order valence-corrected chi connectivity index (χ2v) is 5.84. The highest BCUT2D eigenvalue weighted by atomic mass is 19.4. The molecule has 0 aliphatic carbocycles. The van der Waals surface area contributed by atoms with E-state index in [1.165, 1.54) is 18.4 Å². The number of carboxylic acids is 1. The second-order valence-electron chi connectivity index (χ2n) is 5.84. The molecule has 0 bridgehead atoms. The van der Waals surface area contributed by atoms with Crippen molar-refractivity contribution in [2.24, 2.45) is 0 Å². The zero-order valence-corrected chi connectivity index (χ0v) is 14.0. The van der Waals surface area contributed by atoms with Crippen molar-refractivity contribution in [3.63, 3.8) is 0 Å². The van der Waals surface area contributed by atoms with Gasteiger partial charge in [0.25, 0.3) is 0 Å². The van der Waals surface area contributed by atoms with Gasteiger partial charge in [-0.1, -0.05) is 41.9 Å². The molecule has 1 aromatic carbocycles. The smallest absolute Gasteiger partial charge is 0.475 e. The highest BCUT2D eigenvalue weighted by Gasteiger charge is 2.38. The molecule has 2 heterocycles. The van der Waals surface area contributed by atoms with Crippen LogP contribution in [-0.4, -0.2) is 33.9 Å². The number of aliphatic carboxylic acids is 1. The fourth-order valence-electron chi connectivity index (χ4n) is 2.47. The van der Waals surface area contributed by atoms with Gasteiger partial charge >= 0.3 is 12.1 Å². The molecular weight excluding hydrogens is 351 g/mol. The lowest BCUT2D eigenvalue weighted by molar-refractivity contribution is -0.192. The van der Waals surface area contributed by atoms with Crippen molar-refractivity contribution in [3.8, 4) is 0 Å². The minimum absolute atomic E-state index is 0.256. The summed E-state index contributed by atoms with van der Waals surface area (Å²) in [7, 11) is 0. The third-order valence-corrected chi connectivity index (χ3v) is 3.81. The van der Waals surface area contributed by atoms with Gasteiger partial charge < -0.3 is 14.9 Å². The standard InChI is InChI=1S/C15H19N3O.C2HF3O2/c1-2-6-12(7-3-1)9-10-14-17-15(19-18-14)13-8-4-5-11-16-13;3-2(4,5)1(6)7/h1-3,6-7,13,16H,4-5,8-11H2;(H,6,7)/t13-;/m0./s1. The summed E-state index contributed by atoms with van der Waals surface area (Å²) in [6.45, 7) is 1.05. The molecule has 0 unspecified atom stereocenters. The Labute approximate surface area is 148 Å². The molecule has 1 fully saturated rings. The SMILES string of the molecule is O=C(O)C(F)(F)F.c1ccc(CCc2noc([C@@H]3CCCCN3)n2)cc1. The van der Waals surface area contributed by atoms with Gasteiger partial charge in [0.05, 0.1) is 6.04 Å². The summed E-state index contributed by atoms with van der Waals surface area (Å²) >= 11 is 0. The van der Waals surface area contributed by atoms with Crippen LogP contribution < -0.4 is 5.32 Å². The third kappa shape index (κ3) is 6.47. The first-order valence-corrected chi connectivity index (χ1v) is 8.26. The number of carboxylic acid groups (broad SMARTS) is 1. The van der Waals surface area contributed by atoms with E-state index in [2.05, 4.69) is 39.7 Å². The Morgan fingerprint density at radius 3 is 2.50 bits per heavy atom. The Kier molecular flexibility index (Phi) is 7.14. The molecule has 1 atom stereocenters. The lowest BCUT2D eigenvalue weighted by Crippen LogP contribution is -2.27. The van der Waals surface area contributed by atoms with Crippen LogP contribution in [0, 0.1) is 0 Å². The van der Waals surface area contributed by atoms with E-state index in [-0.39, 0.29) is 6.04 Å². The molecule has 1 aliphatic rings. The Morgan fingerprint density at radius 2 is 1.92 bits per heavy atom. The summed E-state index contributed by atoms with van der Waals surface area (Å²) in [6, 6.07) is 10.7. The number of aromatic nitrogens is 2. The Hall–Kier alpha value is -2.42. The van der Waals surface area contributed by atoms with Gasteiger partial charge in [0.1, 0.15) is 0 Å². The molecule has 9 heteroatoms. The van der Waals surface area contributed by atoms with Crippen LogP contribution in [0.1, 0.15) is 42.6 Å². The van der Waals surface area contributed by atoms with Crippen molar-refractivity contribution in [2.45, 2.75) is 44.3 Å². The van der Waals surface area contributed by atoms with Gasteiger partial charge in [-0.05, 0) is 31.4 Å². The van der Waals surface area contributed by atoms with Gasteiger partial charge in [-0.25, -0.2) is 4.79 Å². The lowest BCUT2D eigenvalue weighted by atomic mass is 10.1. The molecule has 0 radical (unpaired) electrons. The molecule has 6 nitrogen and oxygen atoms in total. The highest BCUT2D eigenvalue weighted by Crippen LogP contribution is 2.21. The first-order valence-electron chi connectivity index (χ1n) is 8.26. The van der Waals surface area contributed by atoms with E-state index in [9.17, 15) is 13.2 Å². The average Bonchev–Trinajstić information content (AvgIpc) is 3.10. The zero-order chi connectivity index (χ0) is 19.0. The average molecular weight is 371 g/mol. The molecule has 0 spiro atoms. The summed E-state index contributed by atoms with van der Waals surface area (Å²) in [4.78, 5) is 13.4. The number of piperidine rings is 1. The molecule has 26 heavy (non-hydrogen) atoms. The van der Waals surface area contributed by atoms with E-state index in [4.69, 9.17) is 14.4 Å². The van der Waals surface area contributed by atoms with Crippen LogP contribution >= 0.6 is 0 Å². The fraction of sp³-hybridized carbons (Fsp3) is 0.471. The first-order chi connectivity index (χ1) is 12.4. The van der Waals surface area contributed by atoms with Crippen molar-refractivity contribution in [1.29, 1.82) is 0 Å². The van der Waals surface area contributed by atoms with Gasteiger partial charge in [-0.3, -0.25) is 0 Å². The number of hydrogen-bond acceptors (Lipinski definition) is 5. The van der Waals surface area contributed by atoms with Gasteiger partial charge in [-0.2, -0.15) is 18.2 Å². The van der Waals surface area contributed by atoms with Crippen LogP contribution in [0.25, 0.3) is 0 Å². The van der Waals surface area contributed by atoms with Crippen LogP contribution in [0.5, 0.6) is 0 Å². The first kappa shape index (κ1) is 19.9. The van der Waals surface area contributed by atoms with E-state index in [0.717, 1.165) is 37.5 Å². The minimum Gasteiger partial charge on any atom is -0.475 e. The van der Waals surface area contributed by atoms with Gasteiger partial charge in [0, 0.05) is 6.42 Å². The van der Waals surface area contributed by atoms with Crippen molar-refractivity contribution in [1.82, 2.24) is 15.5 Å². The molecule has 1 aromatic heterocycles. The van der Waals surface area contributed by atoms with E-state index >= 15 is 0 Å². The largest absolute Gasteiger partial charge is 0.490 e. The van der Waals surface area contributed by atoms with Crippen molar-refractivity contribution < 1.29 is 27.6 Å². The summed E-state index contributed by atoms with van der Waals surface area (Å²) in [5.74, 6) is -1.19. The zero-order valence-electron chi connectivity index (χ0n) is 14.0. The van der Waals surface area contributed by atoms with Crippen LogP contribution in [-0.2, 0) is 17.6 Å². The van der Waals surface area contributed by atoms with Gasteiger partial charge in [-0.15, -0.1) is 0 Å². The maximum atomic E-state index is 10.6. The second kappa shape index (κ2) is 9.33. The molecule has 1 aliphatic heterocycles. The summed E-state index contributed by atoms with van der Waals surface area (Å²) in [5.41, 5.74) is 1.31. The van der Waals surface area contributed by atoms with Crippen LogP contribution in [0.2, 0.25) is 0 Å². The molecule has 2 aromatic rings. The van der Waals surface area contributed by atoms with Crippen LogP contribution in [0.4, 0.5) is 13.2 Å². The number of nitrogens with one attached hydrogen (secondary N) is 1. The highest BCUT2D eigenvalue weighted by molar-refractivity contribution is 5.73. The number of benzene rings is 1. The van der Waals surface area contributed by atoms with E-state index < -0.39 is 12.1 Å². The van der Waals surface area contributed by atoms with Gasteiger partial charge in [0.15, 0.2) is 5.82 Å². The van der Waals surface area contributed by atoms with E-state index in [1.54, 1.807) is 0 Å². The fourth-order valence-corrected chi connectivity index (χ4v) is 2.47. The van der Waals surface area contributed by atoms with Crippen LogP contribution in [0.3, 0.4) is 0 Å². The van der Waals surface area contributed by atoms with Crippen molar-refractivity contribution in [2.75, 3.05) is 6.54 Å². The molecule has 1 saturated heterocycles. The monoisotopic (exact) mass is 371 g/mol. The van der Waals surface area contributed by atoms with E-state index in [1.807, 2.05) is 6.07 Å². The minimum atomic E-state index is -5.08. The molecule has 0 amide bonds. The normalized spacial score (nSPS) is 17.3. The number of aryl methyl sites for hydroxylation is 2. The molecule has 0 saturated carbocycles. The number of rotatable bonds is 4. The van der Waals surface area contributed by atoms with Gasteiger partial charge in [0.2, 0.25) is 5.89 Å². The van der Waals surface area contributed by atoms with Crippen LogP contribution in [0.15, 0.2) is 34.9 Å². The molecular formula is C17H20F3N3O3. The third-order valence-electron chi connectivity index (χ3n) is 3.81. The maximum absolute atomic E-state index is 10.6. The number of hydrogen-bond donors (Lipinski definition) is 2. The predicted octanol–water partition coefficient (Wildman–Crippen LogP) is 3.30. The van der Waals surface area contributed by atoms with Crippen molar-refractivity contribution in [3.05, 3.63) is 47.6 Å². The number of halogens is 3. The number of nitrogens with zero attached hydrogens (tertiary/aromatic N) is 2. The summed E-state index contributed by atoms with van der Waals surface area (Å²) in [5, 5.41) is 14.6. The Morgan fingerprint density at radius 1 is 1.23 bits per heavy atom. The quantitative estimate of drug-likeness (QED) is 0.857. The Balaban J connectivity index is 0.000000298. The number of alkyl halides is 3. The topological polar surface area (TPSA) is 88.2 Å². The lowest BCUT2D eigenvalue weighted by Gasteiger charge is -2.19. The molecule has 2 N–H and O–H groups in total. The summed E-state index contributed by atoms with van der Waals surface area (Å²) in [6.07, 6.45) is 0.281. The van der Waals surface area contributed by atoms with Crippen molar-refractivity contribution >= 4 is 5.97 Å². The summed E-state index contributed by atoms with van der Waals surface area (Å²) < 4.78 is 37.1.